The molecule has 0 heterocycles. The normalized spacial score (nSPS) is 9.86. The topological polar surface area (TPSA) is 70.2 Å². The molecule has 0 saturated heterocycles. The summed E-state index contributed by atoms with van der Waals surface area (Å²) >= 11 is 3.31. The number of anilines is 1. The van der Waals surface area contributed by atoms with Crippen LogP contribution in [0.4, 0.5) is 5.69 Å². The molecule has 0 unspecified atom stereocenters. The number of benzene rings is 2. The number of nitrogens with one attached hydrogen (secondary N) is 3. The van der Waals surface area contributed by atoms with Crippen molar-refractivity contribution in [3.63, 3.8) is 0 Å². The van der Waals surface area contributed by atoms with Crippen molar-refractivity contribution >= 4 is 33.4 Å². The molecule has 0 atom stereocenters. The Hall–Kier alpha value is -2.34. The second kappa shape index (κ2) is 8.19. The lowest BCUT2D eigenvalue weighted by molar-refractivity contribution is -0.120. The molecule has 2 amide bonds. The van der Waals surface area contributed by atoms with Crippen molar-refractivity contribution in [2.75, 3.05) is 12.0 Å². The van der Waals surface area contributed by atoms with E-state index in [1.807, 2.05) is 30.3 Å². The number of amides is 2. The van der Waals surface area contributed by atoms with Crippen LogP contribution in [0, 0.1) is 0 Å². The molecule has 0 aliphatic rings. The van der Waals surface area contributed by atoms with Crippen molar-refractivity contribution < 1.29 is 9.59 Å². The summed E-state index contributed by atoms with van der Waals surface area (Å²) in [6.07, 6.45) is 0.197. The van der Waals surface area contributed by atoms with E-state index in [-0.39, 0.29) is 24.8 Å². The summed E-state index contributed by atoms with van der Waals surface area (Å²) in [7, 11) is 0. The molecule has 0 aliphatic heterocycles. The van der Waals surface area contributed by atoms with Gasteiger partial charge in [-0.15, -0.1) is 0 Å². The van der Waals surface area contributed by atoms with Gasteiger partial charge in [0.05, 0.1) is 5.69 Å². The van der Waals surface area contributed by atoms with Gasteiger partial charge >= 0.3 is 0 Å². The molecule has 0 aromatic heterocycles. The molecule has 114 valence electrons. The summed E-state index contributed by atoms with van der Waals surface area (Å²) in [5.74, 6) is -0.392. The molecule has 0 spiro atoms. The number of carbonyl (C=O) groups is 2. The summed E-state index contributed by atoms with van der Waals surface area (Å²) in [4.78, 5) is 23.5. The van der Waals surface area contributed by atoms with Gasteiger partial charge in [-0.05, 0) is 36.4 Å². The van der Waals surface area contributed by atoms with E-state index in [0.29, 0.717) is 5.56 Å². The minimum Gasteiger partial charge on any atom is -0.352 e. The highest BCUT2D eigenvalue weighted by Crippen LogP contribution is 2.10. The molecule has 22 heavy (non-hydrogen) atoms. The zero-order valence-corrected chi connectivity index (χ0v) is 13.4. The standard InChI is InChI=1S/C16H16BrN3O2/c17-13-8-6-12(7-9-13)16(22)18-11-10-15(21)20-19-14-4-2-1-3-5-14/h1-9,19H,10-11H2,(H,18,22)(H,20,21). The number of para-hydroxylation sites is 1. The van der Waals surface area contributed by atoms with Crippen LogP contribution in [0.3, 0.4) is 0 Å². The van der Waals surface area contributed by atoms with Crippen molar-refractivity contribution in [3.05, 3.63) is 64.6 Å². The maximum absolute atomic E-state index is 11.8. The molecule has 2 aromatic carbocycles. The first-order valence-electron chi connectivity index (χ1n) is 6.79. The van der Waals surface area contributed by atoms with Crippen LogP contribution in [-0.4, -0.2) is 18.4 Å². The Morgan fingerprint density at radius 2 is 1.64 bits per heavy atom. The van der Waals surface area contributed by atoms with Gasteiger partial charge in [-0.2, -0.15) is 0 Å². The molecule has 2 rings (SSSR count). The Morgan fingerprint density at radius 1 is 0.955 bits per heavy atom. The molecule has 0 radical (unpaired) electrons. The van der Waals surface area contributed by atoms with Gasteiger partial charge in [0.25, 0.3) is 5.91 Å². The van der Waals surface area contributed by atoms with Gasteiger partial charge in [0.1, 0.15) is 0 Å². The third-order valence-electron chi connectivity index (χ3n) is 2.86. The van der Waals surface area contributed by atoms with Crippen LogP contribution in [0.5, 0.6) is 0 Å². The quantitative estimate of drug-likeness (QED) is 0.692. The predicted molar refractivity (Wildman–Crippen MR) is 89.3 cm³/mol. The van der Waals surface area contributed by atoms with Crippen molar-refractivity contribution in [1.82, 2.24) is 10.7 Å². The first-order valence-corrected chi connectivity index (χ1v) is 7.58. The number of carbonyl (C=O) groups excluding carboxylic acids is 2. The Balaban J connectivity index is 1.68. The highest BCUT2D eigenvalue weighted by atomic mass is 79.9. The molecular formula is C16H16BrN3O2. The molecule has 6 heteroatoms. The van der Waals surface area contributed by atoms with Crippen LogP contribution in [0.15, 0.2) is 59.1 Å². The molecule has 2 aromatic rings. The first-order chi connectivity index (χ1) is 10.6. The van der Waals surface area contributed by atoms with Crippen LogP contribution in [0.1, 0.15) is 16.8 Å². The zero-order valence-electron chi connectivity index (χ0n) is 11.8. The number of hydrogen-bond acceptors (Lipinski definition) is 3. The summed E-state index contributed by atoms with van der Waals surface area (Å²) in [6.45, 7) is 0.275. The number of halogens is 1. The van der Waals surface area contributed by atoms with Gasteiger partial charge < -0.3 is 5.32 Å². The van der Waals surface area contributed by atoms with Crippen molar-refractivity contribution in [1.29, 1.82) is 0 Å². The van der Waals surface area contributed by atoms with Gasteiger partial charge in [-0.3, -0.25) is 20.4 Å². The maximum Gasteiger partial charge on any atom is 0.251 e. The highest BCUT2D eigenvalue weighted by Gasteiger charge is 2.06. The summed E-state index contributed by atoms with van der Waals surface area (Å²) in [5.41, 5.74) is 6.74. The lowest BCUT2D eigenvalue weighted by Gasteiger charge is -2.09. The summed E-state index contributed by atoms with van der Waals surface area (Å²) < 4.78 is 0.912. The Bertz CT molecular complexity index is 630. The van der Waals surface area contributed by atoms with E-state index in [1.54, 1.807) is 24.3 Å². The average molecular weight is 362 g/mol. The molecule has 0 aliphatic carbocycles. The summed E-state index contributed by atoms with van der Waals surface area (Å²) in [5, 5.41) is 2.70. The van der Waals surface area contributed by atoms with E-state index in [4.69, 9.17) is 0 Å². The lowest BCUT2D eigenvalue weighted by Crippen LogP contribution is -2.33. The molecule has 0 saturated carbocycles. The molecular weight excluding hydrogens is 346 g/mol. The van der Waals surface area contributed by atoms with Gasteiger partial charge in [-0.1, -0.05) is 34.1 Å². The van der Waals surface area contributed by atoms with Gasteiger partial charge in [0.15, 0.2) is 0 Å². The third kappa shape index (κ3) is 5.21. The molecule has 0 bridgehead atoms. The van der Waals surface area contributed by atoms with E-state index < -0.39 is 0 Å². The smallest absolute Gasteiger partial charge is 0.251 e. The van der Waals surface area contributed by atoms with Crippen LogP contribution in [0.25, 0.3) is 0 Å². The zero-order chi connectivity index (χ0) is 15.8. The van der Waals surface area contributed by atoms with E-state index in [0.717, 1.165) is 10.2 Å². The monoisotopic (exact) mass is 361 g/mol. The van der Waals surface area contributed by atoms with Crippen LogP contribution in [-0.2, 0) is 4.79 Å². The van der Waals surface area contributed by atoms with Crippen LogP contribution >= 0.6 is 15.9 Å². The second-order valence-corrected chi connectivity index (χ2v) is 5.47. The number of rotatable bonds is 6. The minimum absolute atomic E-state index is 0.194. The fourth-order valence-electron chi connectivity index (χ4n) is 1.72. The molecule has 0 fully saturated rings. The molecule has 3 N–H and O–H groups in total. The van der Waals surface area contributed by atoms with Crippen LogP contribution in [0.2, 0.25) is 0 Å². The van der Waals surface area contributed by atoms with E-state index in [1.165, 1.54) is 0 Å². The van der Waals surface area contributed by atoms with E-state index in [9.17, 15) is 9.59 Å². The average Bonchev–Trinajstić information content (AvgIpc) is 2.54. The molecule has 5 nitrogen and oxygen atoms in total. The SMILES string of the molecule is O=C(CCNC(=O)c1ccc(Br)cc1)NNc1ccccc1. The fourth-order valence-corrected chi connectivity index (χ4v) is 1.98. The maximum atomic E-state index is 11.8. The minimum atomic E-state index is -0.198. The van der Waals surface area contributed by atoms with Gasteiger partial charge in [-0.25, -0.2) is 0 Å². The van der Waals surface area contributed by atoms with Crippen molar-refractivity contribution in [3.8, 4) is 0 Å². The van der Waals surface area contributed by atoms with Gasteiger partial charge in [0, 0.05) is 23.0 Å². The predicted octanol–water partition coefficient (Wildman–Crippen LogP) is 2.71. The van der Waals surface area contributed by atoms with Crippen molar-refractivity contribution in [2.24, 2.45) is 0 Å². The summed E-state index contributed by atoms with van der Waals surface area (Å²) in [6, 6.07) is 16.3. The lowest BCUT2D eigenvalue weighted by atomic mass is 10.2. The Morgan fingerprint density at radius 3 is 2.32 bits per heavy atom. The first kappa shape index (κ1) is 16.0. The largest absolute Gasteiger partial charge is 0.352 e. The van der Waals surface area contributed by atoms with Crippen molar-refractivity contribution in [2.45, 2.75) is 6.42 Å². The second-order valence-electron chi connectivity index (χ2n) is 4.55. The number of hydrazine groups is 1. The number of hydrogen-bond donors (Lipinski definition) is 3. The fraction of sp³-hybridized carbons (Fsp3) is 0.125. The Labute approximate surface area is 137 Å². The van der Waals surface area contributed by atoms with Gasteiger partial charge in [0.2, 0.25) is 5.91 Å². The van der Waals surface area contributed by atoms with Crippen LogP contribution < -0.4 is 16.2 Å². The third-order valence-corrected chi connectivity index (χ3v) is 3.39. The van der Waals surface area contributed by atoms with E-state index >= 15 is 0 Å². The van der Waals surface area contributed by atoms with E-state index in [2.05, 4.69) is 32.1 Å². The Kier molecular flexibility index (Phi) is 5.97. The highest BCUT2D eigenvalue weighted by molar-refractivity contribution is 9.10.